The normalized spacial score (nSPS) is 19.9. The van der Waals surface area contributed by atoms with E-state index in [-0.39, 0.29) is 28.0 Å². The van der Waals surface area contributed by atoms with Gasteiger partial charge in [-0.1, -0.05) is 31.2 Å². The van der Waals surface area contributed by atoms with E-state index in [1.54, 1.807) is 14.0 Å². The van der Waals surface area contributed by atoms with Crippen LogP contribution >= 0.6 is 0 Å². The Kier molecular flexibility index (Phi) is 7.40. The van der Waals surface area contributed by atoms with E-state index in [4.69, 9.17) is 0 Å². The van der Waals surface area contributed by atoms with Gasteiger partial charge in [0.1, 0.15) is 0 Å². The third kappa shape index (κ3) is 4.93. The first-order valence-corrected chi connectivity index (χ1v) is 12.3. The summed E-state index contributed by atoms with van der Waals surface area (Å²) < 4.78 is 88.3. The average Bonchev–Trinajstić information content (AvgIpc) is 3.08. The van der Waals surface area contributed by atoms with E-state index in [1.165, 1.54) is 36.4 Å². The van der Waals surface area contributed by atoms with Crippen LogP contribution in [0.4, 0.5) is 32.0 Å². The Morgan fingerprint density at radius 3 is 2.42 bits per heavy atom. The van der Waals surface area contributed by atoms with Gasteiger partial charge in [-0.05, 0) is 74.2 Å². The lowest BCUT2D eigenvalue weighted by Crippen LogP contribution is -2.42. The summed E-state index contributed by atoms with van der Waals surface area (Å²) in [7, 11) is 1.74. The van der Waals surface area contributed by atoms with E-state index < -0.39 is 41.7 Å². The molecule has 2 aliphatic rings. The minimum atomic E-state index is -4.66. The Labute approximate surface area is 217 Å². The maximum absolute atomic E-state index is 16.1. The Bertz CT molecular complexity index is 1280. The molecule has 38 heavy (non-hydrogen) atoms. The quantitative estimate of drug-likeness (QED) is 0.306. The first-order valence-electron chi connectivity index (χ1n) is 12.3. The molecular weight excluding hydrogens is 508 g/mol. The number of anilines is 1. The minimum absolute atomic E-state index is 0.0397. The number of carbonyl (C=O) groups excluding carboxylic acids is 1. The monoisotopic (exact) mass is 537 g/mol. The van der Waals surface area contributed by atoms with Crippen LogP contribution in [0.2, 0.25) is 0 Å². The number of halogens is 6. The molecule has 2 aromatic rings. The Hall–Kier alpha value is -3.27. The van der Waals surface area contributed by atoms with Crippen LogP contribution in [0.3, 0.4) is 0 Å². The molecule has 1 unspecified atom stereocenters. The number of hydrogen-bond donors (Lipinski definition) is 2. The molecule has 0 saturated carbocycles. The number of allylic oxidation sites excluding steroid dienone is 4. The second kappa shape index (κ2) is 10.1. The molecule has 4 nitrogen and oxygen atoms in total. The third-order valence-electron chi connectivity index (χ3n) is 7.26. The smallest absolute Gasteiger partial charge is 0.376 e. The highest BCUT2D eigenvalue weighted by Crippen LogP contribution is 2.50. The molecule has 4 rings (SSSR count). The van der Waals surface area contributed by atoms with Gasteiger partial charge in [-0.25, -0.2) is 4.39 Å². The van der Waals surface area contributed by atoms with E-state index in [0.29, 0.717) is 19.5 Å². The number of carbonyl (C=O) groups is 1. The molecule has 1 aliphatic carbocycles. The summed E-state index contributed by atoms with van der Waals surface area (Å²) in [6.07, 6.45) is -0.953. The van der Waals surface area contributed by atoms with Crippen LogP contribution in [-0.4, -0.2) is 25.5 Å². The molecule has 10 heteroatoms. The number of rotatable bonds is 7. The molecule has 204 valence electrons. The fourth-order valence-corrected chi connectivity index (χ4v) is 4.95. The predicted molar refractivity (Wildman–Crippen MR) is 133 cm³/mol. The van der Waals surface area contributed by atoms with Crippen LogP contribution < -0.4 is 15.5 Å². The van der Waals surface area contributed by atoms with Crippen molar-refractivity contribution in [1.29, 1.82) is 0 Å². The zero-order valence-electron chi connectivity index (χ0n) is 21.2. The number of benzene rings is 2. The van der Waals surface area contributed by atoms with Gasteiger partial charge in [0, 0.05) is 22.5 Å². The lowest BCUT2D eigenvalue weighted by atomic mass is 9.81. The van der Waals surface area contributed by atoms with Gasteiger partial charge in [-0.2, -0.15) is 22.0 Å². The number of amides is 1. The molecule has 0 spiro atoms. The van der Waals surface area contributed by atoms with Crippen molar-refractivity contribution in [2.75, 3.05) is 18.6 Å². The highest BCUT2D eigenvalue weighted by Gasteiger charge is 2.56. The van der Waals surface area contributed by atoms with Crippen molar-refractivity contribution < 1.29 is 31.1 Å². The molecule has 1 aliphatic heterocycles. The fourth-order valence-electron chi connectivity index (χ4n) is 4.95. The SMILES string of the molecule is CNCNC1=CC=C(C(F)(F)C(C)(F)c2cccc(N3Cc4c(cccc4C(F)(F)F)C3=O)c2)[C@@H](C)CC1. The zero-order chi connectivity index (χ0) is 27.9. The van der Waals surface area contributed by atoms with Gasteiger partial charge in [-0.15, -0.1) is 0 Å². The summed E-state index contributed by atoms with van der Waals surface area (Å²) in [4.78, 5) is 14.0. The van der Waals surface area contributed by atoms with Gasteiger partial charge in [0.05, 0.1) is 18.8 Å². The van der Waals surface area contributed by atoms with Gasteiger partial charge in [0.2, 0.25) is 0 Å². The van der Waals surface area contributed by atoms with Gasteiger partial charge >= 0.3 is 12.1 Å². The molecule has 1 heterocycles. The van der Waals surface area contributed by atoms with Crippen molar-refractivity contribution in [2.45, 2.75) is 51.0 Å². The zero-order valence-corrected chi connectivity index (χ0v) is 21.2. The van der Waals surface area contributed by atoms with E-state index in [9.17, 15) is 18.0 Å². The van der Waals surface area contributed by atoms with Crippen molar-refractivity contribution in [3.63, 3.8) is 0 Å². The van der Waals surface area contributed by atoms with E-state index in [2.05, 4.69) is 10.6 Å². The lowest BCUT2D eigenvalue weighted by molar-refractivity contribution is -0.138. The largest absolute Gasteiger partial charge is 0.416 e. The third-order valence-corrected chi connectivity index (χ3v) is 7.26. The maximum atomic E-state index is 16.1. The standard InChI is InChI=1S/C28H29F6N3O/c1-17-10-11-19(36-16-35-3)12-13-23(17)27(30,31)26(2,29)18-6-4-7-20(14-18)37-15-22-21(25(37)38)8-5-9-24(22)28(32,33)34/h4-9,12-14,17,35-36H,10-11,15-16H2,1-3H3/t17-,26?/m0/s1. The Balaban J connectivity index is 1.67. The number of nitrogens with zero attached hydrogens (tertiary/aromatic N) is 1. The van der Waals surface area contributed by atoms with Crippen LogP contribution in [-0.2, 0) is 18.4 Å². The molecule has 2 aromatic carbocycles. The van der Waals surface area contributed by atoms with Gasteiger partial charge in [-0.3, -0.25) is 4.79 Å². The highest BCUT2D eigenvalue weighted by molar-refractivity contribution is 6.10. The predicted octanol–water partition coefficient (Wildman–Crippen LogP) is 6.69. The molecule has 2 N–H and O–H groups in total. The van der Waals surface area contributed by atoms with Crippen LogP contribution in [0.15, 0.2) is 65.9 Å². The van der Waals surface area contributed by atoms with Crippen molar-refractivity contribution >= 4 is 11.6 Å². The highest BCUT2D eigenvalue weighted by atomic mass is 19.4. The molecular formula is C28H29F6N3O. The fraction of sp³-hybridized carbons (Fsp3) is 0.393. The molecule has 1 amide bonds. The first-order chi connectivity index (χ1) is 17.8. The summed E-state index contributed by atoms with van der Waals surface area (Å²) in [6.45, 7) is 2.47. The maximum Gasteiger partial charge on any atom is 0.416 e. The Morgan fingerprint density at radius 2 is 1.74 bits per heavy atom. The average molecular weight is 538 g/mol. The minimum Gasteiger partial charge on any atom is -0.376 e. The van der Waals surface area contributed by atoms with Crippen LogP contribution in [0.5, 0.6) is 0 Å². The molecule has 0 aromatic heterocycles. The summed E-state index contributed by atoms with van der Waals surface area (Å²) in [5.74, 6) is -5.22. The molecule has 0 bridgehead atoms. The summed E-state index contributed by atoms with van der Waals surface area (Å²) in [5.41, 5.74) is -4.35. The van der Waals surface area contributed by atoms with Gasteiger partial charge < -0.3 is 15.5 Å². The Morgan fingerprint density at radius 1 is 1.03 bits per heavy atom. The first kappa shape index (κ1) is 27.8. The van der Waals surface area contributed by atoms with Crippen LogP contribution in [0.1, 0.15) is 53.7 Å². The van der Waals surface area contributed by atoms with Gasteiger partial charge in [0.25, 0.3) is 5.91 Å². The number of alkyl halides is 6. The van der Waals surface area contributed by atoms with Crippen molar-refractivity contribution in [3.8, 4) is 0 Å². The lowest BCUT2D eigenvalue weighted by Gasteiger charge is -2.35. The number of nitrogens with one attached hydrogen (secondary N) is 2. The second-order valence-electron chi connectivity index (χ2n) is 9.81. The van der Waals surface area contributed by atoms with Crippen molar-refractivity contribution in [1.82, 2.24) is 10.6 Å². The summed E-state index contributed by atoms with van der Waals surface area (Å²) in [5, 5.41) is 6.01. The number of hydrogen-bond acceptors (Lipinski definition) is 3. The molecule has 0 fully saturated rings. The summed E-state index contributed by atoms with van der Waals surface area (Å²) in [6, 6.07) is 8.36. The summed E-state index contributed by atoms with van der Waals surface area (Å²) >= 11 is 0. The topological polar surface area (TPSA) is 44.4 Å². The van der Waals surface area contributed by atoms with E-state index >= 15 is 13.2 Å². The van der Waals surface area contributed by atoms with E-state index in [1.807, 2.05) is 0 Å². The van der Waals surface area contributed by atoms with Crippen molar-refractivity contribution in [3.05, 3.63) is 88.1 Å². The van der Waals surface area contributed by atoms with Crippen LogP contribution in [0, 0.1) is 5.92 Å². The van der Waals surface area contributed by atoms with Gasteiger partial charge in [0.15, 0.2) is 5.67 Å². The van der Waals surface area contributed by atoms with Crippen LogP contribution in [0.25, 0.3) is 0 Å². The second-order valence-corrected chi connectivity index (χ2v) is 9.81. The number of fused-ring (bicyclic) bond motifs is 1. The molecule has 0 radical (unpaired) electrons. The molecule has 2 atom stereocenters. The van der Waals surface area contributed by atoms with E-state index in [0.717, 1.165) is 35.7 Å². The van der Waals surface area contributed by atoms with Crippen molar-refractivity contribution in [2.24, 2.45) is 5.92 Å². The molecule has 0 saturated heterocycles.